The van der Waals surface area contributed by atoms with Gasteiger partial charge in [-0.25, -0.2) is 9.97 Å². The third kappa shape index (κ3) is 5.06. The van der Waals surface area contributed by atoms with Gasteiger partial charge in [-0.3, -0.25) is 14.5 Å². The van der Waals surface area contributed by atoms with Gasteiger partial charge >= 0.3 is 0 Å². The third-order valence-electron chi connectivity index (χ3n) is 5.02. The van der Waals surface area contributed by atoms with Crippen LogP contribution in [0, 0.1) is 13.8 Å². The maximum absolute atomic E-state index is 13.3. The topological polar surface area (TPSA) is 75.2 Å². The number of nitrogens with one attached hydrogen (secondary N) is 1. The van der Waals surface area contributed by atoms with Crippen molar-refractivity contribution in [2.75, 3.05) is 6.54 Å². The Labute approximate surface area is 191 Å². The normalized spacial score (nSPS) is 13.8. The maximum Gasteiger partial charge on any atom is 0.278 e. The molecule has 32 heavy (non-hydrogen) atoms. The highest BCUT2D eigenvalue weighted by Crippen LogP contribution is 2.33. The summed E-state index contributed by atoms with van der Waals surface area (Å²) in [6.07, 6.45) is 0.739. The standard InChI is InChI=1S/C25H24N4O2S/c1-17-15-18(2)28-25(27-17)32-22-21(26-14-13-19-9-5-3-6-10-19)23(30)29(24(22)31)16-20-11-7-4-8-12-20/h3-12,15,26H,13-14,16H2,1-2H3. The highest BCUT2D eigenvalue weighted by molar-refractivity contribution is 8.04. The first-order chi connectivity index (χ1) is 15.5. The number of aromatic nitrogens is 2. The van der Waals surface area contributed by atoms with Crippen molar-refractivity contribution in [3.8, 4) is 0 Å². The SMILES string of the molecule is Cc1cc(C)nc(SC2=C(NCCc3ccccc3)C(=O)N(Cc3ccccc3)C2=O)n1. The number of aryl methyl sites for hydroxylation is 2. The molecule has 0 aliphatic carbocycles. The van der Waals surface area contributed by atoms with E-state index in [1.54, 1.807) is 0 Å². The summed E-state index contributed by atoms with van der Waals surface area (Å²) in [5, 5.41) is 3.68. The Morgan fingerprint density at radius 3 is 2.06 bits per heavy atom. The largest absolute Gasteiger partial charge is 0.379 e. The van der Waals surface area contributed by atoms with Crippen LogP contribution in [0.1, 0.15) is 22.5 Å². The van der Waals surface area contributed by atoms with Crippen LogP contribution in [0.15, 0.2) is 82.5 Å². The number of thioether (sulfide) groups is 1. The minimum atomic E-state index is -0.325. The van der Waals surface area contributed by atoms with Crippen molar-refractivity contribution < 1.29 is 9.59 Å². The number of carbonyl (C=O) groups is 2. The lowest BCUT2D eigenvalue weighted by molar-refractivity contribution is -0.138. The quantitative estimate of drug-likeness (QED) is 0.421. The highest BCUT2D eigenvalue weighted by atomic mass is 32.2. The van der Waals surface area contributed by atoms with Crippen LogP contribution in [-0.2, 0) is 22.6 Å². The van der Waals surface area contributed by atoms with Crippen molar-refractivity contribution >= 4 is 23.6 Å². The van der Waals surface area contributed by atoms with E-state index in [2.05, 4.69) is 15.3 Å². The lowest BCUT2D eigenvalue weighted by Crippen LogP contribution is -2.33. The summed E-state index contributed by atoms with van der Waals surface area (Å²) in [5.74, 6) is -0.646. The molecule has 2 heterocycles. The molecule has 0 spiro atoms. The Morgan fingerprint density at radius 1 is 0.844 bits per heavy atom. The molecule has 0 unspecified atom stereocenters. The third-order valence-corrected chi connectivity index (χ3v) is 5.97. The van der Waals surface area contributed by atoms with Gasteiger partial charge in [0.05, 0.1) is 6.54 Å². The van der Waals surface area contributed by atoms with Crippen LogP contribution in [-0.4, -0.2) is 33.2 Å². The summed E-state index contributed by atoms with van der Waals surface area (Å²) < 4.78 is 0. The number of hydrogen-bond acceptors (Lipinski definition) is 6. The number of hydrogen-bond donors (Lipinski definition) is 1. The molecule has 0 saturated carbocycles. The summed E-state index contributed by atoms with van der Waals surface area (Å²) in [6.45, 7) is 4.53. The van der Waals surface area contributed by atoms with E-state index in [0.29, 0.717) is 22.3 Å². The van der Waals surface area contributed by atoms with Crippen molar-refractivity contribution in [3.05, 3.63) is 99.8 Å². The van der Waals surface area contributed by atoms with E-state index in [1.165, 1.54) is 4.90 Å². The molecule has 3 aromatic rings. The number of nitrogens with zero attached hydrogens (tertiary/aromatic N) is 3. The molecule has 0 saturated heterocycles. The lowest BCUT2D eigenvalue weighted by atomic mass is 10.1. The number of amides is 2. The van der Waals surface area contributed by atoms with Crippen LogP contribution >= 0.6 is 11.8 Å². The average Bonchev–Trinajstić information content (AvgIpc) is 2.99. The molecule has 0 bridgehead atoms. The molecular formula is C25H24N4O2S. The minimum Gasteiger partial charge on any atom is -0.379 e. The minimum absolute atomic E-state index is 0.222. The average molecular weight is 445 g/mol. The van der Waals surface area contributed by atoms with E-state index >= 15 is 0 Å². The monoisotopic (exact) mass is 444 g/mol. The Kier molecular flexibility index (Phi) is 6.66. The molecule has 0 atom stereocenters. The number of rotatable bonds is 8. The Hall–Kier alpha value is -3.45. The van der Waals surface area contributed by atoms with Crippen LogP contribution in [0.25, 0.3) is 0 Å². The van der Waals surface area contributed by atoms with Crippen molar-refractivity contribution in [1.29, 1.82) is 0 Å². The van der Waals surface area contributed by atoms with Crippen molar-refractivity contribution in [2.24, 2.45) is 0 Å². The van der Waals surface area contributed by atoms with Gasteiger partial charge in [-0.2, -0.15) is 0 Å². The molecule has 2 aromatic carbocycles. The number of imide groups is 1. The fourth-order valence-electron chi connectivity index (χ4n) is 3.52. The highest BCUT2D eigenvalue weighted by Gasteiger charge is 2.39. The zero-order valence-corrected chi connectivity index (χ0v) is 18.9. The second-order valence-corrected chi connectivity index (χ2v) is 8.56. The van der Waals surface area contributed by atoms with Crippen LogP contribution in [0.5, 0.6) is 0 Å². The first kappa shape index (κ1) is 21.8. The molecule has 1 aliphatic heterocycles. The fraction of sp³-hybridized carbons (Fsp3) is 0.200. The fourth-order valence-corrected chi connectivity index (χ4v) is 4.54. The molecule has 162 valence electrons. The molecule has 0 radical (unpaired) electrons. The van der Waals surface area contributed by atoms with Crippen LogP contribution in [0.2, 0.25) is 0 Å². The Morgan fingerprint density at radius 2 is 1.44 bits per heavy atom. The van der Waals surface area contributed by atoms with Gasteiger partial charge in [0.15, 0.2) is 5.16 Å². The van der Waals surface area contributed by atoms with E-state index in [1.807, 2.05) is 80.6 Å². The second kappa shape index (κ2) is 9.78. The molecule has 4 rings (SSSR count). The zero-order chi connectivity index (χ0) is 22.5. The van der Waals surface area contributed by atoms with Crippen molar-refractivity contribution in [1.82, 2.24) is 20.2 Å². The van der Waals surface area contributed by atoms with Gasteiger partial charge in [-0.15, -0.1) is 0 Å². The van der Waals surface area contributed by atoms with Gasteiger partial charge in [0.1, 0.15) is 10.6 Å². The summed E-state index contributed by atoms with van der Waals surface area (Å²) in [4.78, 5) is 37.0. The second-order valence-electron chi connectivity index (χ2n) is 7.58. The van der Waals surface area contributed by atoms with E-state index in [4.69, 9.17) is 0 Å². The van der Waals surface area contributed by atoms with Gasteiger partial charge in [0.2, 0.25) is 0 Å². The van der Waals surface area contributed by atoms with Gasteiger partial charge < -0.3 is 5.32 Å². The van der Waals surface area contributed by atoms with Gasteiger partial charge in [0.25, 0.3) is 11.8 Å². The first-order valence-electron chi connectivity index (χ1n) is 10.4. The molecule has 1 aromatic heterocycles. The first-order valence-corrected chi connectivity index (χ1v) is 11.3. The van der Waals surface area contributed by atoms with E-state index in [-0.39, 0.29) is 18.4 Å². The van der Waals surface area contributed by atoms with Gasteiger partial charge in [-0.1, -0.05) is 60.7 Å². The Bertz CT molecular complexity index is 1140. The van der Waals surface area contributed by atoms with Gasteiger partial charge in [-0.05, 0) is 49.2 Å². The summed E-state index contributed by atoms with van der Waals surface area (Å²) in [6, 6.07) is 21.4. The van der Waals surface area contributed by atoms with Gasteiger partial charge in [0, 0.05) is 17.9 Å². The number of benzene rings is 2. The smallest absolute Gasteiger partial charge is 0.278 e. The van der Waals surface area contributed by atoms with Crippen LogP contribution in [0.4, 0.5) is 0 Å². The molecule has 7 heteroatoms. The summed E-state index contributed by atoms with van der Waals surface area (Å²) in [5.41, 5.74) is 4.00. The molecule has 2 amide bonds. The van der Waals surface area contributed by atoms with Crippen molar-refractivity contribution in [3.63, 3.8) is 0 Å². The van der Waals surface area contributed by atoms with E-state index in [0.717, 1.165) is 40.7 Å². The predicted molar refractivity (Wildman–Crippen MR) is 125 cm³/mol. The van der Waals surface area contributed by atoms with Crippen LogP contribution < -0.4 is 5.32 Å². The molecule has 0 fully saturated rings. The summed E-state index contributed by atoms with van der Waals surface area (Å²) in [7, 11) is 0. The molecule has 1 aliphatic rings. The molecular weight excluding hydrogens is 420 g/mol. The van der Waals surface area contributed by atoms with E-state index in [9.17, 15) is 9.59 Å². The van der Waals surface area contributed by atoms with Crippen molar-refractivity contribution in [2.45, 2.75) is 32.0 Å². The molecule has 6 nitrogen and oxygen atoms in total. The summed E-state index contributed by atoms with van der Waals surface area (Å²) >= 11 is 1.14. The maximum atomic E-state index is 13.3. The zero-order valence-electron chi connectivity index (χ0n) is 18.0. The number of carbonyl (C=O) groups excluding carboxylic acids is 2. The Balaban J connectivity index is 1.58. The van der Waals surface area contributed by atoms with E-state index < -0.39 is 0 Å². The molecule has 1 N–H and O–H groups in total. The predicted octanol–water partition coefficient (Wildman–Crippen LogP) is 3.80. The lowest BCUT2D eigenvalue weighted by Gasteiger charge is -2.15. The van der Waals surface area contributed by atoms with Crippen LogP contribution in [0.3, 0.4) is 0 Å².